The number of halogens is 2. The van der Waals surface area contributed by atoms with Crippen LogP contribution in [0.3, 0.4) is 0 Å². The molecule has 0 saturated heterocycles. The number of anilines is 1. The van der Waals surface area contributed by atoms with E-state index in [-0.39, 0.29) is 25.1 Å². The summed E-state index contributed by atoms with van der Waals surface area (Å²) in [5.74, 6) is -1.03. The average Bonchev–Trinajstić information content (AvgIpc) is 2.73. The maximum Gasteiger partial charge on any atom is 0.257 e. The van der Waals surface area contributed by atoms with E-state index in [2.05, 4.69) is 26.2 Å². The Morgan fingerprint density at radius 3 is 2.67 bits per heavy atom. The summed E-state index contributed by atoms with van der Waals surface area (Å²) in [4.78, 5) is 15.9. The summed E-state index contributed by atoms with van der Waals surface area (Å²) in [6.45, 7) is 1.47. The normalized spacial score (nSPS) is 11.4. The van der Waals surface area contributed by atoms with E-state index in [0.717, 1.165) is 17.4 Å². The molecule has 112 valence electrons. The molecular weight excluding hydrogens is 385 g/mol. The van der Waals surface area contributed by atoms with Crippen LogP contribution >= 0.6 is 27.3 Å². The van der Waals surface area contributed by atoms with Gasteiger partial charge in [0, 0.05) is 5.56 Å². The lowest BCUT2D eigenvalue weighted by atomic mass is 10.2. The van der Waals surface area contributed by atoms with E-state index in [1.165, 1.54) is 19.1 Å². The molecule has 6 nitrogen and oxygen atoms in total. The minimum absolute atomic E-state index is 0.0990. The summed E-state index contributed by atoms with van der Waals surface area (Å²) >= 11 is 3.73. The first-order valence-corrected chi connectivity index (χ1v) is 8.60. The number of amides is 1. The standard InChI is InChI=1S/C11H9BrFN3O3S2/c1-5-10(21(14,18)19)20-11(15-5)16-9(17)6-2-3-8(13)7(12)4-6/h2-4H,1H3,(H2,14,18,19)(H,15,16,17). The smallest absolute Gasteiger partial charge is 0.257 e. The van der Waals surface area contributed by atoms with Crippen LogP contribution in [0, 0.1) is 12.7 Å². The van der Waals surface area contributed by atoms with Gasteiger partial charge in [0.2, 0.25) is 10.0 Å². The van der Waals surface area contributed by atoms with Crippen LogP contribution in [0.2, 0.25) is 0 Å². The van der Waals surface area contributed by atoms with Crippen molar-refractivity contribution >= 4 is 48.3 Å². The van der Waals surface area contributed by atoms with Crippen LogP contribution in [-0.4, -0.2) is 19.3 Å². The number of carbonyl (C=O) groups excluding carboxylic acids is 1. The van der Waals surface area contributed by atoms with Crippen molar-refractivity contribution in [2.24, 2.45) is 5.14 Å². The molecule has 0 radical (unpaired) electrons. The van der Waals surface area contributed by atoms with Gasteiger partial charge in [-0.25, -0.2) is 22.9 Å². The number of nitrogens with zero attached hydrogens (tertiary/aromatic N) is 1. The largest absolute Gasteiger partial charge is 0.298 e. The van der Waals surface area contributed by atoms with Gasteiger partial charge in [-0.2, -0.15) is 0 Å². The number of rotatable bonds is 3. The highest BCUT2D eigenvalue weighted by molar-refractivity contribution is 9.10. The molecule has 10 heteroatoms. The van der Waals surface area contributed by atoms with Crippen molar-refractivity contribution in [1.29, 1.82) is 0 Å². The van der Waals surface area contributed by atoms with Crippen LogP contribution in [-0.2, 0) is 10.0 Å². The number of primary sulfonamides is 1. The average molecular weight is 394 g/mol. The van der Waals surface area contributed by atoms with Gasteiger partial charge in [-0.15, -0.1) is 0 Å². The quantitative estimate of drug-likeness (QED) is 0.834. The van der Waals surface area contributed by atoms with E-state index in [1.54, 1.807) is 0 Å². The first-order valence-electron chi connectivity index (χ1n) is 5.45. The van der Waals surface area contributed by atoms with Crippen molar-refractivity contribution in [3.8, 4) is 0 Å². The summed E-state index contributed by atoms with van der Waals surface area (Å²) in [5, 5.41) is 7.57. The van der Waals surface area contributed by atoms with Crippen LogP contribution < -0.4 is 10.5 Å². The van der Waals surface area contributed by atoms with E-state index in [9.17, 15) is 17.6 Å². The van der Waals surface area contributed by atoms with Gasteiger partial charge in [0.15, 0.2) is 9.34 Å². The Hall–Kier alpha value is -1.36. The summed E-state index contributed by atoms with van der Waals surface area (Å²) in [5.41, 5.74) is 0.409. The molecule has 0 aliphatic heterocycles. The zero-order chi connectivity index (χ0) is 15.8. The first kappa shape index (κ1) is 16.0. The fraction of sp³-hybridized carbons (Fsp3) is 0.0909. The third-order valence-corrected chi connectivity index (χ3v) is 5.65. The molecule has 0 bridgehead atoms. The number of benzene rings is 1. The second kappa shape index (κ2) is 5.79. The number of sulfonamides is 1. The predicted molar refractivity (Wildman–Crippen MR) is 80.3 cm³/mol. The van der Waals surface area contributed by atoms with Crippen LogP contribution in [0.15, 0.2) is 26.9 Å². The highest BCUT2D eigenvalue weighted by Gasteiger charge is 2.19. The maximum absolute atomic E-state index is 13.1. The molecule has 3 N–H and O–H groups in total. The molecule has 1 aromatic carbocycles. The third-order valence-electron chi connectivity index (χ3n) is 2.41. The third kappa shape index (κ3) is 3.64. The molecule has 21 heavy (non-hydrogen) atoms. The molecular formula is C11H9BrFN3O3S2. The van der Waals surface area contributed by atoms with E-state index in [1.807, 2.05) is 0 Å². The van der Waals surface area contributed by atoms with Crippen molar-refractivity contribution < 1.29 is 17.6 Å². The Labute approximate surface area is 132 Å². The number of nitrogens with one attached hydrogen (secondary N) is 1. The first-order chi connectivity index (χ1) is 9.68. The zero-order valence-corrected chi connectivity index (χ0v) is 13.8. The maximum atomic E-state index is 13.1. The summed E-state index contributed by atoms with van der Waals surface area (Å²) in [7, 11) is -3.88. The summed E-state index contributed by atoms with van der Waals surface area (Å²) < 4.78 is 35.7. The Morgan fingerprint density at radius 2 is 2.14 bits per heavy atom. The lowest BCUT2D eigenvalue weighted by molar-refractivity contribution is 0.102. The van der Waals surface area contributed by atoms with E-state index >= 15 is 0 Å². The minimum atomic E-state index is -3.88. The van der Waals surface area contributed by atoms with Crippen LogP contribution in [0.5, 0.6) is 0 Å². The van der Waals surface area contributed by atoms with Crippen molar-refractivity contribution in [2.75, 3.05) is 5.32 Å². The minimum Gasteiger partial charge on any atom is -0.298 e. The van der Waals surface area contributed by atoms with Crippen molar-refractivity contribution in [3.05, 3.63) is 39.7 Å². The van der Waals surface area contributed by atoms with Gasteiger partial charge in [0.05, 0.1) is 10.2 Å². The lowest BCUT2D eigenvalue weighted by Crippen LogP contribution is -2.12. The highest BCUT2D eigenvalue weighted by atomic mass is 79.9. The van der Waals surface area contributed by atoms with Gasteiger partial charge in [-0.1, -0.05) is 11.3 Å². The molecule has 0 aliphatic rings. The predicted octanol–water partition coefficient (Wildman–Crippen LogP) is 2.25. The van der Waals surface area contributed by atoms with Crippen molar-refractivity contribution in [2.45, 2.75) is 11.1 Å². The molecule has 0 aliphatic carbocycles. The number of hydrogen-bond donors (Lipinski definition) is 2. The Bertz CT molecular complexity index is 820. The molecule has 0 unspecified atom stereocenters. The second-order valence-electron chi connectivity index (χ2n) is 4.02. The topological polar surface area (TPSA) is 102 Å². The Morgan fingerprint density at radius 1 is 1.48 bits per heavy atom. The number of aryl methyl sites for hydroxylation is 1. The monoisotopic (exact) mass is 393 g/mol. The Kier molecular flexibility index (Phi) is 4.42. The Balaban J connectivity index is 2.26. The molecule has 1 heterocycles. The molecule has 0 fully saturated rings. The molecule has 0 spiro atoms. The van der Waals surface area contributed by atoms with Crippen molar-refractivity contribution in [3.63, 3.8) is 0 Å². The molecule has 0 atom stereocenters. The number of hydrogen-bond acceptors (Lipinski definition) is 5. The van der Waals surface area contributed by atoms with Gasteiger partial charge in [-0.3, -0.25) is 10.1 Å². The summed E-state index contributed by atoms with van der Waals surface area (Å²) in [6, 6.07) is 3.75. The number of nitrogens with two attached hydrogens (primary N) is 1. The number of aromatic nitrogens is 1. The van der Waals surface area contributed by atoms with Gasteiger partial charge in [-0.05, 0) is 41.1 Å². The van der Waals surface area contributed by atoms with E-state index in [0.29, 0.717) is 0 Å². The van der Waals surface area contributed by atoms with Crippen molar-refractivity contribution in [1.82, 2.24) is 4.98 Å². The van der Waals surface area contributed by atoms with Crippen LogP contribution in [0.4, 0.5) is 9.52 Å². The number of thiazole rings is 1. The molecule has 2 rings (SSSR count). The van der Waals surface area contributed by atoms with Gasteiger partial charge in [0.25, 0.3) is 5.91 Å². The fourth-order valence-corrected chi connectivity index (χ4v) is 3.74. The summed E-state index contributed by atoms with van der Waals surface area (Å²) in [6.07, 6.45) is 0. The molecule has 0 saturated carbocycles. The number of carbonyl (C=O) groups is 1. The molecule has 1 aromatic heterocycles. The van der Waals surface area contributed by atoms with E-state index < -0.39 is 21.7 Å². The molecule has 2 aromatic rings. The van der Waals surface area contributed by atoms with Gasteiger partial charge in [0.1, 0.15) is 5.82 Å². The second-order valence-corrected chi connectivity index (χ2v) is 7.63. The lowest BCUT2D eigenvalue weighted by Gasteiger charge is -2.02. The fourth-order valence-electron chi connectivity index (χ4n) is 1.51. The zero-order valence-electron chi connectivity index (χ0n) is 10.6. The molecule has 1 amide bonds. The van der Waals surface area contributed by atoms with Crippen LogP contribution in [0.1, 0.15) is 16.1 Å². The van der Waals surface area contributed by atoms with Gasteiger partial charge < -0.3 is 0 Å². The SMILES string of the molecule is Cc1nc(NC(=O)c2ccc(F)c(Br)c2)sc1S(N)(=O)=O. The van der Waals surface area contributed by atoms with E-state index in [4.69, 9.17) is 5.14 Å². The highest BCUT2D eigenvalue weighted by Crippen LogP contribution is 2.26. The van der Waals surface area contributed by atoms with Gasteiger partial charge >= 0.3 is 0 Å². The van der Waals surface area contributed by atoms with Crippen LogP contribution in [0.25, 0.3) is 0 Å².